The second-order valence-electron chi connectivity index (χ2n) is 7.52. The van der Waals surface area contributed by atoms with Crippen molar-refractivity contribution in [1.82, 2.24) is 10.2 Å². The predicted octanol–water partition coefficient (Wildman–Crippen LogP) is 3.91. The second-order valence-corrected chi connectivity index (χ2v) is 8.34. The Labute approximate surface area is 191 Å². The smallest absolute Gasteiger partial charge is 0.260 e. The number of piperazine rings is 1. The van der Waals surface area contributed by atoms with Crippen LogP contribution in [0, 0.1) is 11.7 Å². The molecule has 0 aromatic heterocycles. The van der Waals surface area contributed by atoms with E-state index in [1.807, 2.05) is 24.8 Å². The molecule has 164 valence electrons. The Morgan fingerprint density at radius 3 is 2.39 bits per heavy atom. The van der Waals surface area contributed by atoms with Gasteiger partial charge in [0.1, 0.15) is 5.82 Å². The molecular weight excluding hydrogens is 439 g/mol. The second kappa shape index (κ2) is 10.1. The summed E-state index contributed by atoms with van der Waals surface area (Å²) in [4.78, 5) is 28.3. The number of thiocarbonyl (C=S) groups is 1. The standard InChI is InChI=1S/C22H24ClFN4O2S/c1-14(2)21(30)28-11-9-27(10-12-28)19-8-7-15(13-17(19)23)25-22(31)26-20(29)16-5-3-4-6-18(16)24/h3-8,13-14H,9-12H2,1-2H3,(H2,25,26,29,31). The maximum Gasteiger partial charge on any atom is 0.260 e. The Morgan fingerprint density at radius 2 is 1.77 bits per heavy atom. The molecule has 0 bridgehead atoms. The van der Waals surface area contributed by atoms with Crippen LogP contribution in [0.4, 0.5) is 15.8 Å². The molecule has 1 aliphatic rings. The fourth-order valence-corrected chi connectivity index (χ4v) is 3.86. The summed E-state index contributed by atoms with van der Waals surface area (Å²) >= 11 is 11.6. The lowest BCUT2D eigenvalue weighted by Crippen LogP contribution is -2.50. The number of rotatable bonds is 4. The summed E-state index contributed by atoms with van der Waals surface area (Å²) in [5, 5.41) is 5.91. The van der Waals surface area contributed by atoms with E-state index in [9.17, 15) is 14.0 Å². The van der Waals surface area contributed by atoms with Crippen LogP contribution in [-0.2, 0) is 4.79 Å². The maximum absolute atomic E-state index is 13.7. The van der Waals surface area contributed by atoms with E-state index in [0.29, 0.717) is 36.9 Å². The van der Waals surface area contributed by atoms with Crippen LogP contribution in [0.3, 0.4) is 0 Å². The summed E-state index contributed by atoms with van der Waals surface area (Å²) in [5.41, 5.74) is 1.38. The highest BCUT2D eigenvalue weighted by Crippen LogP contribution is 2.30. The zero-order valence-corrected chi connectivity index (χ0v) is 18.9. The van der Waals surface area contributed by atoms with Gasteiger partial charge in [-0.3, -0.25) is 14.9 Å². The topological polar surface area (TPSA) is 64.7 Å². The molecule has 2 aromatic rings. The maximum atomic E-state index is 13.7. The van der Waals surface area contributed by atoms with Gasteiger partial charge in [0.25, 0.3) is 5.91 Å². The number of carbonyl (C=O) groups excluding carboxylic acids is 2. The van der Waals surface area contributed by atoms with E-state index in [2.05, 4.69) is 15.5 Å². The molecule has 0 unspecified atom stereocenters. The molecule has 0 saturated carbocycles. The van der Waals surface area contributed by atoms with Crippen LogP contribution in [-0.4, -0.2) is 48.0 Å². The van der Waals surface area contributed by atoms with Crippen molar-refractivity contribution in [2.45, 2.75) is 13.8 Å². The molecule has 2 N–H and O–H groups in total. The Bertz CT molecular complexity index is 993. The summed E-state index contributed by atoms with van der Waals surface area (Å²) in [5.74, 6) is -1.10. The number of benzene rings is 2. The minimum Gasteiger partial charge on any atom is -0.367 e. The van der Waals surface area contributed by atoms with Gasteiger partial charge in [-0.25, -0.2) is 4.39 Å². The van der Waals surface area contributed by atoms with Gasteiger partial charge in [0.2, 0.25) is 5.91 Å². The molecule has 1 aliphatic heterocycles. The summed E-state index contributed by atoms with van der Waals surface area (Å²) in [6.07, 6.45) is 0. The highest BCUT2D eigenvalue weighted by atomic mass is 35.5. The van der Waals surface area contributed by atoms with Gasteiger partial charge in [0, 0.05) is 37.8 Å². The van der Waals surface area contributed by atoms with Crippen LogP contribution >= 0.6 is 23.8 Å². The van der Waals surface area contributed by atoms with Gasteiger partial charge in [0.15, 0.2) is 5.11 Å². The van der Waals surface area contributed by atoms with Crippen molar-refractivity contribution in [1.29, 1.82) is 0 Å². The molecule has 3 rings (SSSR count). The molecule has 6 nitrogen and oxygen atoms in total. The van der Waals surface area contributed by atoms with E-state index in [1.54, 1.807) is 18.2 Å². The number of halogens is 2. The third kappa shape index (κ3) is 5.71. The average molecular weight is 463 g/mol. The van der Waals surface area contributed by atoms with Gasteiger partial charge in [0.05, 0.1) is 16.3 Å². The molecule has 1 fully saturated rings. The van der Waals surface area contributed by atoms with Crippen molar-refractivity contribution >= 4 is 52.1 Å². The Kier molecular flexibility index (Phi) is 7.46. The number of nitrogens with one attached hydrogen (secondary N) is 2. The van der Waals surface area contributed by atoms with Gasteiger partial charge in [-0.05, 0) is 42.5 Å². The summed E-state index contributed by atoms with van der Waals surface area (Å²) < 4.78 is 13.7. The zero-order valence-electron chi connectivity index (χ0n) is 17.3. The van der Waals surface area contributed by atoms with E-state index in [4.69, 9.17) is 23.8 Å². The first-order valence-corrected chi connectivity index (χ1v) is 10.7. The van der Waals surface area contributed by atoms with Crippen molar-refractivity contribution < 1.29 is 14.0 Å². The normalized spacial score (nSPS) is 13.8. The van der Waals surface area contributed by atoms with Crippen molar-refractivity contribution in [2.75, 3.05) is 36.4 Å². The lowest BCUT2D eigenvalue weighted by Gasteiger charge is -2.37. The highest BCUT2D eigenvalue weighted by Gasteiger charge is 2.24. The highest BCUT2D eigenvalue weighted by molar-refractivity contribution is 7.80. The zero-order chi connectivity index (χ0) is 22.5. The van der Waals surface area contributed by atoms with Crippen LogP contribution in [0.15, 0.2) is 42.5 Å². The number of hydrogen-bond donors (Lipinski definition) is 2. The Morgan fingerprint density at radius 1 is 1.10 bits per heavy atom. The molecular formula is C22H24ClFN4O2S. The van der Waals surface area contributed by atoms with Crippen LogP contribution in [0.25, 0.3) is 0 Å². The molecule has 0 radical (unpaired) electrons. The van der Waals surface area contributed by atoms with Gasteiger partial charge >= 0.3 is 0 Å². The molecule has 1 saturated heterocycles. The van der Waals surface area contributed by atoms with Crippen molar-refractivity contribution in [3.05, 3.63) is 58.9 Å². The number of hydrogen-bond acceptors (Lipinski definition) is 4. The molecule has 2 amide bonds. The van der Waals surface area contributed by atoms with Crippen molar-refractivity contribution in [3.8, 4) is 0 Å². The van der Waals surface area contributed by atoms with Gasteiger partial charge in [-0.2, -0.15) is 0 Å². The van der Waals surface area contributed by atoms with Gasteiger partial charge in [-0.15, -0.1) is 0 Å². The largest absolute Gasteiger partial charge is 0.367 e. The van der Waals surface area contributed by atoms with Crippen LogP contribution in [0.2, 0.25) is 5.02 Å². The molecule has 2 aromatic carbocycles. The summed E-state index contributed by atoms with van der Waals surface area (Å²) in [6.45, 7) is 6.50. The minimum absolute atomic E-state index is 0.0109. The molecule has 0 spiro atoms. The van der Waals surface area contributed by atoms with E-state index in [-0.39, 0.29) is 22.5 Å². The molecule has 31 heavy (non-hydrogen) atoms. The lowest BCUT2D eigenvalue weighted by atomic mass is 10.1. The Hall–Kier alpha value is -2.71. The third-order valence-corrected chi connectivity index (χ3v) is 5.48. The lowest BCUT2D eigenvalue weighted by molar-refractivity contribution is -0.134. The monoisotopic (exact) mass is 462 g/mol. The van der Waals surface area contributed by atoms with Crippen LogP contribution < -0.4 is 15.5 Å². The van der Waals surface area contributed by atoms with E-state index in [0.717, 1.165) is 5.69 Å². The molecule has 0 atom stereocenters. The van der Waals surface area contributed by atoms with E-state index >= 15 is 0 Å². The quantitative estimate of drug-likeness (QED) is 0.674. The third-order valence-electron chi connectivity index (χ3n) is 4.98. The van der Waals surface area contributed by atoms with Gasteiger partial charge < -0.3 is 15.1 Å². The van der Waals surface area contributed by atoms with Gasteiger partial charge in [-0.1, -0.05) is 37.6 Å². The van der Waals surface area contributed by atoms with Crippen molar-refractivity contribution in [2.24, 2.45) is 5.92 Å². The average Bonchev–Trinajstić information content (AvgIpc) is 2.73. The fraction of sp³-hybridized carbons (Fsp3) is 0.318. The van der Waals surface area contributed by atoms with Crippen LogP contribution in [0.5, 0.6) is 0 Å². The van der Waals surface area contributed by atoms with E-state index in [1.165, 1.54) is 18.2 Å². The Balaban J connectivity index is 1.58. The fourth-order valence-electron chi connectivity index (χ4n) is 3.35. The first-order chi connectivity index (χ1) is 14.8. The first kappa shape index (κ1) is 23.0. The number of anilines is 2. The molecule has 0 aliphatic carbocycles. The predicted molar refractivity (Wildman–Crippen MR) is 125 cm³/mol. The summed E-state index contributed by atoms with van der Waals surface area (Å²) in [7, 11) is 0. The SMILES string of the molecule is CC(C)C(=O)N1CCN(c2ccc(NC(=S)NC(=O)c3ccccc3F)cc2Cl)CC1. The number of carbonyl (C=O) groups is 2. The number of nitrogens with zero attached hydrogens (tertiary/aromatic N) is 2. The minimum atomic E-state index is -0.632. The summed E-state index contributed by atoms with van der Waals surface area (Å²) in [6, 6.07) is 11.1. The number of amides is 2. The molecule has 9 heteroatoms. The van der Waals surface area contributed by atoms with Crippen molar-refractivity contribution in [3.63, 3.8) is 0 Å². The molecule has 1 heterocycles. The first-order valence-electron chi connectivity index (χ1n) is 9.96. The van der Waals surface area contributed by atoms with Crippen LogP contribution in [0.1, 0.15) is 24.2 Å². The van der Waals surface area contributed by atoms with E-state index < -0.39 is 11.7 Å².